The van der Waals surface area contributed by atoms with Crippen molar-refractivity contribution in [1.29, 1.82) is 0 Å². The molecule has 9 aromatic rings. The third-order valence-electron chi connectivity index (χ3n) is 12.4. The molecule has 2 unspecified atom stereocenters. The van der Waals surface area contributed by atoms with Gasteiger partial charge in [-0.15, -0.1) is 0 Å². The second-order valence-corrected chi connectivity index (χ2v) is 16.4. The smallest absolute Gasteiger partial charge is 0.136 e. The zero-order valence-corrected chi connectivity index (χ0v) is 34.4. The average Bonchev–Trinajstić information content (AvgIpc) is 3.36. The van der Waals surface area contributed by atoms with Crippen LogP contribution in [0.2, 0.25) is 0 Å². The lowest BCUT2D eigenvalue weighted by atomic mass is 9.84. The molecule has 62 heavy (non-hydrogen) atoms. The maximum atomic E-state index is 5.38. The normalized spacial score (nSPS) is 16.3. The predicted octanol–water partition coefficient (Wildman–Crippen LogP) is 14.7. The Balaban J connectivity index is 0.883. The van der Waals surface area contributed by atoms with Gasteiger partial charge in [-0.05, 0) is 101 Å². The molecule has 7 aromatic carbocycles. The van der Waals surface area contributed by atoms with E-state index < -0.39 is 0 Å². The number of allylic oxidation sites excluding steroid dienone is 6. The standard InChI is InChI=1S/C58H44N4/c1-3-16-39(17-4-1)41-20-11-21-42(34-41)45-24-13-27-48(36-45)56-52-31-8-10-33-54(52)60-58(62-56)50-29-15-26-47(38-50)44-23-12-22-43(35-44)46-25-14-28-49(37-46)57-59-53-32-9-7-30-51(53)55(61-57)40-18-5-2-6-19-40/h1-13,15-24,26-27,29-37,49-50H,14,25,28,38H2. The van der Waals surface area contributed by atoms with Gasteiger partial charge in [0.25, 0.3) is 0 Å². The van der Waals surface area contributed by atoms with Gasteiger partial charge >= 0.3 is 0 Å². The second-order valence-electron chi connectivity index (χ2n) is 16.4. The highest BCUT2D eigenvalue weighted by molar-refractivity contribution is 5.94. The van der Waals surface area contributed by atoms with Gasteiger partial charge in [0, 0.05) is 33.7 Å². The van der Waals surface area contributed by atoms with Gasteiger partial charge in [-0.25, -0.2) is 19.9 Å². The van der Waals surface area contributed by atoms with Gasteiger partial charge in [0.05, 0.1) is 22.4 Å². The summed E-state index contributed by atoms with van der Waals surface area (Å²) in [4.78, 5) is 21.0. The van der Waals surface area contributed by atoms with Crippen molar-refractivity contribution >= 4 is 33.0 Å². The van der Waals surface area contributed by atoms with Crippen LogP contribution in [0.5, 0.6) is 0 Å². The first-order valence-corrected chi connectivity index (χ1v) is 21.7. The number of rotatable bonds is 8. The number of nitrogens with zero attached hydrogens (tertiary/aromatic N) is 4. The van der Waals surface area contributed by atoms with E-state index in [1.807, 2.05) is 0 Å². The number of hydrogen-bond donors (Lipinski definition) is 0. The zero-order valence-electron chi connectivity index (χ0n) is 34.4. The highest BCUT2D eigenvalue weighted by Gasteiger charge is 2.23. The molecule has 296 valence electrons. The van der Waals surface area contributed by atoms with Crippen LogP contribution in [0.1, 0.15) is 60.3 Å². The summed E-state index contributed by atoms with van der Waals surface area (Å²) in [5.74, 6) is 1.93. The summed E-state index contributed by atoms with van der Waals surface area (Å²) in [5, 5.41) is 2.14. The van der Waals surface area contributed by atoms with Crippen LogP contribution in [-0.4, -0.2) is 19.9 Å². The lowest BCUT2D eigenvalue weighted by Crippen LogP contribution is -2.09. The second kappa shape index (κ2) is 16.5. The Kier molecular flexibility index (Phi) is 9.95. The number of para-hydroxylation sites is 2. The molecule has 0 fully saturated rings. The molecule has 4 heteroatoms. The number of fused-ring (bicyclic) bond motifs is 2. The fourth-order valence-corrected chi connectivity index (χ4v) is 9.27. The molecule has 2 heterocycles. The fraction of sp³-hybridized carbons (Fsp3) is 0.103. The largest absolute Gasteiger partial charge is 0.232 e. The minimum atomic E-state index is 0.0369. The van der Waals surface area contributed by atoms with Gasteiger partial charge in [0.2, 0.25) is 0 Å². The maximum absolute atomic E-state index is 5.38. The average molecular weight is 797 g/mol. The molecule has 0 aliphatic heterocycles. The van der Waals surface area contributed by atoms with Crippen LogP contribution in [0.15, 0.2) is 206 Å². The van der Waals surface area contributed by atoms with Crippen LogP contribution in [0, 0.1) is 0 Å². The van der Waals surface area contributed by atoms with E-state index in [1.165, 1.54) is 39.0 Å². The van der Waals surface area contributed by atoms with E-state index in [1.54, 1.807) is 0 Å². The molecule has 4 nitrogen and oxygen atoms in total. The van der Waals surface area contributed by atoms with Gasteiger partial charge < -0.3 is 0 Å². The van der Waals surface area contributed by atoms with Gasteiger partial charge in [-0.3, -0.25) is 0 Å². The van der Waals surface area contributed by atoms with Gasteiger partial charge in [0.1, 0.15) is 11.6 Å². The fourth-order valence-electron chi connectivity index (χ4n) is 9.27. The quantitative estimate of drug-likeness (QED) is 0.154. The molecular weight excluding hydrogens is 753 g/mol. The Morgan fingerprint density at radius 3 is 1.55 bits per heavy atom. The molecule has 0 bridgehead atoms. The van der Waals surface area contributed by atoms with Crippen molar-refractivity contribution in [2.24, 2.45) is 0 Å². The number of benzene rings is 7. The molecule has 2 aliphatic rings. The van der Waals surface area contributed by atoms with Crippen molar-refractivity contribution in [3.63, 3.8) is 0 Å². The molecule has 0 radical (unpaired) electrons. The summed E-state index contributed by atoms with van der Waals surface area (Å²) < 4.78 is 0. The Labute approximate surface area is 362 Å². The predicted molar refractivity (Wildman–Crippen MR) is 256 cm³/mol. The molecule has 2 aliphatic carbocycles. The van der Waals surface area contributed by atoms with E-state index in [0.717, 1.165) is 87.2 Å². The lowest BCUT2D eigenvalue weighted by molar-refractivity contribution is 0.636. The summed E-state index contributed by atoms with van der Waals surface area (Å²) in [6, 6.07) is 64.5. The van der Waals surface area contributed by atoms with Crippen LogP contribution in [-0.2, 0) is 0 Å². The summed E-state index contributed by atoms with van der Waals surface area (Å²) in [6.45, 7) is 0. The molecule has 0 N–H and O–H groups in total. The first-order valence-electron chi connectivity index (χ1n) is 21.7. The topological polar surface area (TPSA) is 51.6 Å². The van der Waals surface area contributed by atoms with E-state index in [-0.39, 0.29) is 11.8 Å². The van der Waals surface area contributed by atoms with Crippen LogP contribution in [0.25, 0.3) is 77.7 Å². The Hall–Kier alpha value is -7.56. The van der Waals surface area contributed by atoms with Crippen LogP contribution in [0.4, 0.5) is 0 Å². The highest BCUT2D eigenvalue weighted by atomic mass is 14.9. The van der Waals surface area contributed by atoms with Crippen molar-refractivity contribution in [3.8, 4) is 44.8 Å². The zero-order chi connectivity index (χ0) is 41.2. The monoisotopic (exact) mass is 796 g/mol. The Bertz CT molecular complexity index is 3200. The summed E-state index contributed by atoms with van der Waals surface area (Å²) in [6.07, 6.45) is 13.1. The van der Waals surface area contributed by atoms with E-state index in [0.29, 0.717) is 0 Å². The molecule has 11 rings (SSSR count). The van der Waals surface area contributed by atoms with Gasteiger partial charge in [-0.2, -0.15) is 0 Å². The molecular formula is C58H44N4. The third kappa shape index (κ3) is 7.45. The molecule has 0 spiro atoms. The van der Waals surface area contributed by atoms with Crippen molar-refractivity contribution in [1.82, 2.24) is 19.9 Å². The van der Waals surface area contributed by atoms with E-state index in [9.17, 15) is 0 Å². The van der Waals surface area contributed by atoms with Crippen molar-refractivity contribution in [2.45, 2.75) is 37.5 Å². The van der Waals surface area contributed by atoms with E-state index in [2.05, 4.69) is 206 Å². The Morgan fingerprint density at radius 1 is 0.387 bits per heavy atom. The minimum absolute atomic E-state index is 0.0369. The number of aromatic nitrogens is 4. The van der Waals surface area contributed by atoms with Crippen LogP contribution < -0.4 is 0 Å². The molecule has 0 amide bonds. The van der Waals surface area contributed by atoms with Gasteiger partial charge in [0.15, 0.2) is 0 Å². The van der Waals surface area contributed by atoms with Crippen molar-refractivity contribution in [2.75, 3.05) is 0 Å². The number of hydrogen-bond acceptors (Lipinski definition) is 4. The molecule has 2 aromatic heterocycles. The summed E-state index contributed by atoms with van der Waals surface area (Å²) in [7, 11) is 0. The minimum Gasteiger partial charge on any atom is -0.232 e. The third-order valence-corrected chi connectivity index (χ3v) is 12.4. The first-order chi connectivity index (χ1) is 30.7. The summed E-state index contributed by atoms with van der Waals surface area (Å²) in [5.41, 5.74) is 16.0. The molecule has 2 atom stereocenters. The van der Waals surface area contributed by atoms with E-state index in [4.69, 9.17) is 19.9 Å². The van der Waals surface area contributed by atoms with Crippen LogP contribution in [0.3, 0.4) is 0 Å². The maximum Gasteiger partial charge on any atom is 0.136 e. The SMILES string of the molecule is C1=CC(c2nc(-c3cccc(-c4cccc(-c5ccccc5)c4)c3)c3ccccc3n2)CC(c2cccc(C3=CC(c4nc(-c5ccccc5)c5ccccc5n4)CCC3)c2)=C1. The van der Waals surface area contributed by atoms with Crippen LogP contribution >= 0.6 is 0 Å². The molecule has 0 saturated heterocycles. The summed E-state index contributed by atoms with van der Waals surface area (Å²) >= 11 is 0. The van der Waals surface area contributed by atoms with Crippen molar-refractivity contribution < 1.29 is 0 Å². The highest BCUT2D eigenvalue weighted by Crippen LogP contribution is 2.40. The molecule has 0 saturated carbocycles. The van der Waals surface area contributed by atoms with E-state index >= 15 is 0 Å². The Morgan fingerprint density at radius 2 is 0.871 bits per heavy atom. The van der Waals surface area contributed by atoms with Crippen molar-refractivity contribution in [3.05, 3.63) is 229 Å². The van der Waals surface area contributed by atoms with Gasteiger partial charge in [-0.1, -0.05) is 176 Å². The lowest BCUT2D eigenvalue weighted by Gasteiger charge is -2.23. The first kappa shape index (κ1) is 37.4.